The van der Waals surface area contributed by atoms with E-state index in [1.807, 2.05) is 26.1 Å². The predicted octanol–water partition coefficient (Wildman–Crippen LogP) is 1.48. The normalized spacial score (nSPS) is 17.3. The number of carbonyl (C=O) groups is 1. The van der Waals surface area contributed by atoms with Crippen LogP contribution >= 0.6 is 0 Å². The van der Waals surface area contributed by atoms with Gasteiger partial charge in [-0.3, -0.25) is 9.48 Å². The Balaban J connectivity index is 1.71. The van der Waals surface area contributed by atoms with Crippen molar-refractivity contribution in [2.24, 2.45) is 0 Å². The Morgan fingerprint density at radius 3 is 3.10 bits per heavy atom. The first-order chi connectivity index (χ1) is 10.1. The van der Waals surface area contributed by atoms with E-state index in [1.54, 1.807) is 10.9 Å². The Morgan fingerprint density at radius 2 is 2.33 bits per heavy atom. The van der Waals surface area contributed by atoms with Crippen LogP contribution in [0.25, 0.3) is 0 Å². The maximum Gasteiger partial charge on any atom is 0.242 e. The lowest BCUT2D eigenvalue weighted by Gasteiger charge is -2.25. The van der Waals surface area contributed by atoms with E-state index < -0.39 is 0 Å². The van der Waals surface area contributed by atoms with Gasteiger partial charge in [0.1, 0.15) is 12.4 Å². The number of hydrogen-bond acceptors (Lipinski definition) is 4. The van der Waals surface area contributed by atoms with Crippen LogP contribution < -0.4 is 5.32 Å². The number of nitrogens with one attached hydrogen (secondary N) is 1. The van der Waals surface area contributed by atoms with E-state index in [2.05, 4.69) is 20.4 Å². The topological polar surface area (TPSA) is 72.7 Å². The maximum atomic E-state index is 12.2. The number of nitrogens with zero attached hydrogens (tertiary/aromatic N) is 4. The summed E-state index contributed by atoms with van der Waals surface area (Å²) in [6, 6.07) is 1.90. The molecule has 1 unspecified atom stereocenters. The second-order valence-electron chi connectivity index (χ2n) is 5.46. The summed E-state index contributed by atoms with van der Waals surface area (Å²) in [5, 5.41) is 7.22. The molecule has 3 rings (SSSR count). The van der Waals surface area contributed by atoms with Crippen molar-refractivity contribution >= 4 is 5.91 Å². The molecule has 0 aliphatic heterocycles. The number of rotatable bonds is 3. The Bertz CT molecular complexity index is 664. The predicted molar refractivity (Wildman–Crippen MR) is 77.6 cm³/mol. The second kappa shape index (κ2) is 5.63. The third-order valence-corrected chi connectivity index (χ3v) is 3.86. The summed E-state index contributed by atoms with van der Waals surface area (Å²) in [6.45, 7) is 4.08. The first kappa shape index (κ1) is 13.7. The van der Waals surface area contributed by atoms with Gasteiger partial charge in [-0.15, -0.1) is 0 Å². The van der Waals surface area contributed by atoms with E-state index in [9.17, 15) is 4.79 Å². The highest BCUT2D eigenvalue weighted by Crippen LogP contribution is 2.27. The van der Waals surface area contributed by atoms with Gasteiger partial charge in [0.05, 0.1) is 6.04 Å². The van der Waals surface area contributed by atoms with Crippen LogP contribution in [-0.2, 0) is 17.8 Å². The highest BCUT2D eigenvalue weighted by atomic mass is 16.2. The Hall–Kier alpha value is -2.24. The van der Waals surface area contributed by atoms with Crippen LogP contribution in [-0.4, -0.2) is 25.7 Å². The molecule has 0 fully saturated rings. The van der Waals surface area contributed by atoms with Gasteiger partial charge in [-0.1, -0.05) is 0 Å². The van der Waals surface area contributed by atoms with Crippen LogP contribution in [0.2, 0.25) is 0 Å². The molecule has 0 spiro atoms. The average molecular weight is 285 g/mol. The van der Waals surface area contributed by atoms with Crippen molar-refractivity contribution < 1.29 is 4.79 Å². The minimum atomic E-state index is -0.0276. The van der Waals surface area contributed by atoms with Crippen molar-refractivity contribution in [3.8, 4) is 0 Å². The number of aromatic nitrogens is 4. The summed E-state index contributed by atoms with van der Waals surface area (Å²) in [7, 11) is 0. The number of amides is 1. The fourth-order valence-electron chi connectivity index (χ4n) is 2.74. The van der Waals surface area contributed by atoms with Crippen molar-refractivity contribution in [3.63, 3.8) is 0 Å². The first-order valence-electron chi connectivity index (χ1n) is 7.23. The standard InChI is InChI=1S/C15H19N5O/c1-10-6-7-17-20(10)9-15(21)19-14-5-3-4-13-12(14)8-16-11(2)18-13/h6-8,14H,3-5,9H2,1-2H3,(H,19,21). The molecule has 6 nitrogen and oxygen atoms in total. The molecule has 0 aromatic carbocycles. The smallest absolute Gasteiger partial charge is 0.242 e. The SMILES string of the molecule is Cc1ncc2c(n1)CCCC2NC(=O)Cn1nccc1C. The van der Waals surface area contributed by atoms with E-state index in [-0.39, 0.29) is 18.5 Å². The zero-order valence-electron chi connectivity index (χ0n) is 12.3. The Kier molecular flexibility index (Phi) is 3.68. The average Bonchev–Trinajstić information content (AvgIpc) is 2.84. The Morgan fingerprint density at radius 1 is 1.48 bits per heavy atom. The molecule has 1 amide bonds. The zero-order chi connectivity index (χ0) is 14.8. The van der Waals surface area contributed by atoms with Gasteiger partial charge >= 0.3 is 0 Å². The fourth-order valence-corrected chi connectivity index (χ4v) is 2.74. The van der Waals surface area contributed by atoms with Crippen molar-refractivity contribution in [2.75, 3.05) is 0 Å². The lowest BCUT2D eigenvalue weighted by atomic mass is 9.92. The quantitative estimate of drug-likeness (QED) is 0.927. The molecule has 0 bridgehead atoms. The molecule has 0 saturated carbocycles. The molecule has 110 valence electrons. The van der Waals surface area contributed by atoms with E-state index >= 15 is 0 Å². The van der Waals surface area contributed by atoms with Gasteiger partial charge in [0.15, 0.2) is 0 Å². The fraction of sp³-hybridized carbons (Fsp3) is 0.467. The highest BCUT2D eigenvalue weighted by molar-refractivity contribution is 5.76. The highest BCUT2D eigenvalue weighted by Gasteiger charge is 2.23. The molecular formula is C15H19N5O. The molecule has 1 aliphatic rings. The number of carbonyl (C=O) groups excluding carboxylic acids is 1. The third-order valence-electron chi connectivity index (χ3n) is 3.86. The van der Waals surface area contributed by atoms with Crippen LogP contribution in [0, 0.1) is 13.8 Å². The molecule has 1 atom stereocenters. The summed E-state index contributed by atoms with van der Waals surface area (Å²) in [5.41, 5.74) is 3.10. The lowest BCUT2D eigenvalue weighted by molar-refractivity contribution is -0.122. The van der Waals surface area contributed by atoms with Crippen molar-refractivity contribution in [1.29, 1.82) is 0 Å². The van der Waals surface area contributed by atoms with Gasteiger partial charge in [0, 0.05) is 29.3 Å². The summed E-state index contributed by atoms with van der Waals surface area (Å²) < 4.78 is 1.70. The summed E-state index contributed by atoms with van der Waals surface area (Å²) in [4.78, 5) is 20.9. The molecule has 0 radical (unpaired) electrons. The van der Waals surface area contributed by atoms with E-state index in [0.717, 1.165) is 42.0 Å². The first-order valence-corrected chi connectivity index (χ1v) is 7.23. The number of aryl methyl sites for hydroxylation is 3. The van der Waals surface area contributed by atoms with Crippen LogP contribution in [0.4, 0.5) is 0 Å². The molecule has 2 aromatic rings. The van der Waals surface area contributed by atoms with E-state index in [4.69, 9.17) is 0 Å². The molecule has 1 aliphatic carbocycles. The van der Waals surface area contributed by atoms with E-state index in [1.165, 1.54) is 0 Å². The minimum absolute atomic E-state index is 0.0118. The molecule has 6 heteroatoms. The summed E-state index contributed by atoms with van der Waals surface area (Å²) in [6.07, 6.45) is 6.48. The van der Waals surface area contributed by atoms with Crippen molar-refractivity contribution in [1.82, 2.24) is 25.1 Å². The second-order valence-corrected chi connectivity index (χ2v) is 5.46. The minimum Gasteiger partial charge on any atom is -0.348 e. The molecule has 0 saturated heterocycles. The molecule has 1 N–H and O–H groups in total. The van der Waals surface area contributed by atoms with Crippen molar-refractivity contribution in [3.05, 3.63) is 41.2 Å². The lowest BCUT2D eigenvalue weighted by Crippen LogP contribution is -2.34. The monoisotopic (exact) mass is 285 g/mol. The molecule has 2 heterocycles. The van der Waals surface area contributed by atoms with Crippen LogP contribution in [0.5, 0.6) is 0 Å². The summed E-state index contributed by atoms with van der Waals surface area (Å²) in [5.74, 6) is 0.758. The zero-order valence-corrected chi connectivity index (χ0v) is 12.3. The molecule has 21 heavy (non-hydrogen) atoms. The van der Waals surface area contributed by atoms with Gasteiger partial charge < -0.3 is 5.32 Å². The largest absolute Gasteiger partial charge is 0.348 e. The van der Waals surface area contributed by atoms with E-state index in [0.29, 0.717) is 0 Å². The van der Waals surface area contributed by atoms with Crippen LogP contribution in [0.1, 0.15) is 41.7 Å². The Labute approximate surface area is 123 Å². The van der Waals surface area contributed by atoms with Crippen molar-refractivity contribution in [2.45, 2.75) is 45.7 Å². The van der Waals surface area contributed by atoms with Crippen LogP contribution in [0.15, 0.2) is 18.5 Å². The number of hydrogen-bond donors (Lipinski definition) is 1. The van der Waals surface area contributed by atoms with Gasteiger partial charge in [0.2, 0.25) is 5.91 Å². The maximum absolute atomic E-state index is 12.2. The summed E-state index contributed by atoms with van der Waals surface area (Å²) >= 11 is 0. The van der Waals surface area contributed by atoms with Crippen LogP contribution in [0.3, 0.4) is 0 Å². The third kappa shape index (κ3) is 2.94. The molecule has 2 aromatic heterocycles. The van der Waals surface area contributed by atoms with Gasteiger partial charge in [-0.05, 0) is 39.2 Å². The number of fused-ring (bicyclic) bond motifs is 1. The van der Waals surface area contributed by atoms with Gasteiger partial charge in [-0.25, -0.2) is 9.97 Å². The molecular weight excluding hydrogens is 266 g/mol. The van der Waals surface area contributed by atoms with Gasteiger partial charge in [0.25, 0.3) is 0 Å². The van der Waals surface area contributed by atoms with Gasteiger partial charge in [-0.2, -0.15) is 5.10 Å².